The van der Waals surface area contributed by atoms with Crippen molar-refractivity contribution in [2.75, 3.05) is 0 Å². The van der Waals surface area contributed by atoms with Gasteiger partial charge in [0, 0.05) is 5.92 Å². The second-order valence-corrected chi connectivity index (χ2v) is 7.14. The molecule has 2 atom stereocenters. The van der Waals surface area contributed by atoms with E-state index >= 15 is 0 Å². The van der Waals surface area contributed by atoms with Crippen LogP contribution in [-0.2, 0) is 6.42 Å². The van der Waals surface area contributed by atoms with E-state index in [0.29, 0.717) is 5.92 Å². The lowest BCUT2D eigenvalue weighted by molar-refractivity contribution is 0.466. The van der Waals surface area contributed by atoms with E-state index < -0.39 is 0 Å². The Bertz CT molecular complexity index is 645. The van der Waals surface area contributed by atoms with Gasteiger partial charge in [-0.05, 0) is 53.9 Å². The zero-order chi connectivity index (χ0) is 16.8. The zero-order valence-corrected chi connectivity index (χ0v) is 15.2. The van der Waals surface area contributed by atoms with Crippen LogP contribution in [0.4, 0.5) is 0 Å². The van der Waals surface area contributed by atoms with E-state index in [9.17, 15) is 0 Å². The van der Waals surface area contributed by atoms with Crippen molar-refractivity contribution >= 4 is 0 Å². The van der Waals surface area contributed by atoms with Gasteiger partial charge in [-0.1, -0.05) is 87.4 Å². The van der Waals surface area contributed by atoms with Gasteiger partial charge in [0.2, 0.25) is 0 Å². The first-order valence-corrected chi connectivity index (χ1v) is 9.67. The van der Waals surface area contributed by atoms with Gasteiger partial charge in [-0.25, -0.2) is 0 Å². The topological polar surface area (TPSA) is 0 Å². The minimum absolute atomic E-state index is 0.611. The maximum Gasteiger partial charge on any atom is 0.00182 e. The molecule has 3 rings (SSSR count). The van der Waals surface area contributed by atoms with Gasteiger partial charge in [-0.3, -0.25) is 0 Å². The summed E-state index contributed by atoms with van der Waals surface area (Å²) in [6.07, 6.45) is 12.7. The van der Waals surface area contributed by atoms with Crippen molar-refractivity contribution in [2.45, 2.75) is 58.3 Å². The second-order valence-electron chi connectivity index (χ2n) is 7.14. The summed E-state index contributed by atoms with van der Waals surface area (Å²) in [6.45, 7) is 4.49. The summed E-state index contributed by atoms with van der Waals surface area (Å²) >= 11 is 0. The molecule has 0 bridgehead atoms. The van der Waals surface area contributed by atoms with Crippen LogP contribution in [0.15, 0.2) is 60.7 Å². The maximum absolute atomic E-state index is 2.47. The Morgan fingerprint density at radius 3 is 2.00 bits per heavy atom. The Kier molecular flexibility index (Phi) is 5.91. The Labute approximate surface area is 147 Å². The smallest absolute Gasteiger partial charge is 0.00182 e. The molecule has 0 aliphatic heterocycles. The van der Waals surface area contributed by atoms with E-state index in [1.807, 2.05) is 0 Å². The van der Waals surface area contributed by atoms with E-state index in [1.165, 1.54) is 54.4 Å². The molecule has 2 aromatic rings. The zero-order valence-electron chi connectivity index (χ0n) is 15.2. The van der Waals surface area contributed by atoms with E-state index in [1.54, 1.807) is 0 Å². The van der Waals surface area contributed by atoms with Crippen LogP contribution in [0, 0.1) is 5.92 Å². The first-order chi connectivity index (χ1) is 11.8. The molecule has 0 nitrogen and oxygen atoms in total. The second kappa shape index (κ2) is 8.33. The monoisotopic (exact) mass is 318 g/mol. The first-order valence-electron chi connectivity index (χ1n) is 9.67. The lowest BCUT2D eigenvalue weighted by Gasteiger charge is -2.23. The van der Waals surface area contributed by atoms with Gasteiger partial charge in [0.15, 0.2) is 0 Å². The van der Waals surface area contributed by atoms with Crippen LogP contribution >= 0.6 is 0 Å². The van der Waals surface area contributed by atoms with Gasteiger partial charge in [0.25, 0.3) is 0 Å². The normalized spacial score (nSPS) is 20.2. The van der Waals surface area contributed by atoms with Crippen molar-refractivity contribution in [1.82, 2.24) is 0 Å². The van der Waals surface area contributed by atoms with E-state index in [-0.39, 0.29) is 0 Å². The lowest BCUT2D eigenvalue weighted by Crippen LogP contribution is -2.07. The summed E-state index contributed by atoms with van der Waals surface area (Å²) in [5.74, 6) is 1.43. The molecule has 0 spiro atoms. The fraction of sp³-hybridized carbons (Fsp3) is 0.417. The van der Waals surface area contributed by atoms with Gasteiger partial charge in [0.05, 0.1) is 0 Å². The molecule has 0 heterocycles. The molecular formula is C24H30. The molecule has 1 aliphatic rings. The summed E-state index contributed by atoms with van der Waals surface area (Å²) in [4.78, 5) is 0. The SMILES string of the molecule is CCCCC1C=CC(c2ccc(-c3ccc(CC)cc3)cc2)CC1. The van der Waals surface area contributed by atoms with E-state index in [4.69, 9.17) is 0 Å². The Morgan fingerprint density at radius 1 is 0.792 bits per heavy atom. The first kappa shape index (κ1) is 17.0. The molecule has 24 heavy (non-hydrogen) atoms. The Morgan fingerprint density at radius 2 is 1.46 bits per heavy atom. The molecule has 0 amide bonds. The largest absolute Gasteiger partial charge is 0.0848 e. The average Bonchev–Trinajstić information content (AvgIpc) is 2.67. The quantitative estimate of drug-likeness (QED) is 0.496. The number of benzene rings is 2. The number of hydrogen-bond acceptors (Lipinski definition) is 0. The van der Waals surface area contributed by atoms with Gasteiger partial charge < -0.3 is 0 Å². The minimum atomic E-state index is 0.611. The van der Waals surface area contributed by atoms with Crippen molar-refractivity contribution in [2.24, 2.45) is 5.92 Å². The minimum Gasteiger partial charge on any atom is -0.0848 e. The number of aryl methyl sites for hydroxylation is 1. The molecule has 126 valence electrons. The highest BCUT2D eigenvalue weighted by Gasteiger charge is 2.16. The van der Waals surface area contributed by atoms with E-state index in [2.05, 4.69) is 74.5 Å². The highest BCUT2D eigenvalue weighted by Crippen LogP contribution is 2.33. The third-order valence-corrected chi connectivity index (χ3v) is 5.43. The molecule has 0 aromatic heterocycles. The fourth-order valence-corrected chi connectivity index (χ4v) is 3.72. The predicted octanol–water partition coefficient (Wildman–Crippen LogP) is 7.16. The van der Waals surface area contributed by atoms with Gasteiger partial charge in [-0.2, -0.15) is 0 Å². The summed E-state index contributed by atoms with van der Waals surface area (Å²) in [5.41, 5.74) is 5.51. The van der Waals surface area contributed by atoms with Crippen LogP contribution in [0.25, 0.3) is 11.1 Å². The molecule has 0 saturated heterocycles. The van der Waals surface area contributed by atoms with Crippen LogP contribution in [0.3, 0.4) is 0 Å². The number of rotatable bonds is 6. The van der Waals surface area contributed by atoms with Crippen LogP contribution in [0.2, 0.25) is 0 Å². The number of allylic oxidation sites excluding steroid dienone is 2. The molecule has 0 N–H and O–H groups in total. The molecule has 0 heteroatoms. The third kappa shape index (κ3) is 4.17. The van der Waals surface area contributed by atoms with Crippen LogP contribution in [0.1, 0.15) is 63.0 Å². The van der Waals surface area contributed by atoms with Crippen LogP contribution in [0.5, 0.6) is 0 Å². The Balaban J connectivity index is 1.66. The average molecular weight is 319 g/mol. The summed E-state index contributed by atoms with van der Waals surface area (Å²) in [7, 11) is 0. The molecular weight excluding hydrogens is 288 g/mol. The fourth-order valence-electron chi connectivity index (χ4n) is 3.72. The van der Waals surface area contributed by atoms with Crippen molar-refractivity contribution in [3.63, 3.8) is 0 Å². The standard InChI is InChI=1S/C24H30/c1-3-5-6-20-9-13-22(14-10-20)24-17-15-23(16-18-24)21-11-7-19(4-2)8-12-21/h7-9,11-13,15-18,20,22H,3-6,10,14H2,1-2H3. The molecule has 0 fully saturated rings. The summed E-state index contributed by atoms with van der Waals surface area (Å²) < 4.78 is 0. The molecule has 2 unspecified atom stereocenters. The highest BCUT2D eigenvalue weighted by molar-refractivity contribution is 5.64. The van der Waals surface area contributed by atoms with Crippen LogP contribution in [-0.4, -0.2) is 0 Å². The maximum atomic E-state index is 2.47. The Hall–Kier alpha value is -1.82. The van der Waals surface area contributed by atoms with E-state index in [0.717, 1.165) is 12.3 Å². The van der Waals surface area contributed by atoms with Gasteiger partial charge >= 0.3 is 0 Å². The molecule has 1 aliphatic carbocycles. The molecule has 2 aromatic carbocycles. The lowest BCUT2D eigenvalue weighted by atomic mass is 9.82. The van der Waals surface area contributed by atoms with Gasteiger partial charge in [-0.15, -0.1) is 0 Å². The summed E-state index contributed by atoms with van der Waals surface area (Å²) in [6, 6.07) is 18.2. The summed E-state index contributed by atoms with van der Waals surface area (Å²) in [5, 5.41) is 0. The molecule has 0 saturated carbocycles. The van der Waals surface area contributed by atoms with Crippen LogP contribution < -0.4 is 0 Å². The molecule has 0 radical (unpaired) electrons. The number of hydrogen-bond donors (Lipinski definition) is 0. The van der Waals surface area contributed by atoms with Crippen molar-refractivity contribution in [1.29, 1.82) is 0 Å². The van der Waals surface area contributed by atoms with Crippen molar-refractivity contribution in [3.8, 4) is 11.1 Å². The van der Waals surface area contributed by atoms with Crippen molar-refractivity contribution < 1.29 is 0 Å². The third-order valence-electron chi connectivity index (χ3n) is 5.43. The highest BCUT2D eigenvalue weighted by atomic mass is 14.2. The predicted molar refractivity (Wildman–Crippen MR) is 105 cm³/mol. The van der Waals surface area contributed by atoms with Crippen molar-refractivity contribution in [3.05, 3.63) is 71.8 Å². The van der Waals surface area contributed by atoms with Gasteiger partial charge in [0.1, 0.15) is 0 Å². The number of unbranched alkanes of at least 4 members (excludes halogenated alkanes) is 1.